The second kappa shape index (κ2) is 48.2. The van der Waals surface area contributed by atoms with E-state index in [1.165, 1.54) is 11.1 Å². The number of nitrogens with zero attached hydrogens (tertiary/aromatic N) is 12. The average molecular weight is 1910 g/mol. The molecule has 0 radical (unpaired) electrons. The number of carbonyl (C=O) groups excluding carboxylic acids is 9. The number of aromatic nitrogens is 6. The Labute approximate surface area is 829 Å². The van der Waals surface area contributed by atoms with Gasteiger partial charge in [0.05, 0.1) is 89.3 Å². The van der Waals surface area contributed by atoms with Crippen LogP contribution >= 0.6 is 0 Å². The molecule has 1 atom stereocenters. The Morgan fingerprint density at radius 2 is 0.739 bits per heavy atom. The van der Waals surface area contributed by atoms with Crippen molar-refractivity contribution in [1.82, 2.24) is 69.1 Å². The number of H-pyrrole nitrogens is 3. The van der Waals surface area contributed by atoms with Crippen LogP contribution in [0.25, 0.3) is 33.1 Å². The van der Waals surface area contributed by atoms with Crippen molar-refractivity contribution in [2.45, 2.75) is 104 Å². The van der Waals surface area contributed by atoms with Gasteiger partial charge in [-0.15, -0.1) is 0 Å². The molecule has 28 heteroatoms. The van der Waals surface area contributed by atoms with Crippen molar-refractivity contribution in [2.75, 3.05) is 140 Å². The van der Waals surface area contributed by atoms with Gasteiger partial charge in [0.15, 0.2) is 0 Å². The monoisotopic (exact) mass is 1910 g/mol. The smallest absolute Gasteiger partial charge is 0.258 e. The van der Waals surface area contributed by atoms with Gasteiger partial charge in [0, 0.05) is 162 Å². The molecule has 14 aromatic rings. The van der Waals surface area contributed by atoms with Crippen molar-refractivity contribution in [2.24, 2.45) is 11.8 Å². The number of imidazole rings is 3. The molecule has 0 spiro atoms. The fraction of sp³-hybridized carbons (Fsp3) is 0.316. The van der Waals surface area contributed by atoms with Crippen LogP contribution in [0.1, 0.15) is 162 Å². The van der Waals surface area contributed by atoms with E-state index in [1.807, 2.05) is 205 Å². The average Bonchev–Trinajstić information content (AvgIpc) is 1.62. The summed E-state index contributed by atoms with van der Waals surface area (Å²) < 4.78 is 5.14. The Kier molecular flexibility index (Phi) is 34.2. The summed E-state index contributed by atoms with van der Waals surface area (Å²) in [7, 11) is 1.62. The molecular formula is C114H128N18O10. The molecule has 9 heterocycles. The summed E-state index contributed by atoms with van der Waals surface area (Å²) in [6, 6.07) is 83.5. The zero-order chi connectivity index (χ0) is 98.3. The maximum Gasteiger partial charge on any atom is 0.258 e. The first-order valence-corrected chi connectivity index (χ1v) is 49.0. The molecule has 8 N–H and O–H groups in total. The quantitative estimate of drug-likeness (QED) is 0.0386. The van der Waals surface area contributed by atoms with Gasteiger partial charge in [0.25, 0.3) is 35.4 Å². The molecule has 6 aliphatic rings. The zero-order valence-corrected chi connectivity index (χ0v) is 80.6. The van der Waals surface area contributed by atoms with Crippen LogP contribution in [-0.4, -0.2) is 247 Å². The fourth-order valence-electron chi connectivity index (χ4n) is 19.2. The third-order valence-corrected chi connectivity index (χ3v) is 27.3. The van der Waals surface area contributed by atoms with E-state index in [0.717, 1.165) is 150 Å². The number of rotatable bonds is 20. The summed E-state index contributed by atoms with van der Waals surface area (Å²) in [5.74, 6) is 2.34. The Morgan fingerprint density at radius 3 is 1.15 bits per heavy atom. The van der Waals surface area contributed by atoms with Gasteiger partial charge in [0.1, 0.15) is 5.75 Å². The van der Waals surface area contributed by atoms with E-state index in [2.05, 4.69) is 104 Å². The second-order valence-corrected chi connectivity index (χ2v) is 37.0. The van der Waals surface area contributed by atoms with Gasteiger partial charge in [-0.3, -0.25) is 43.2 Å². The minimum Gasteiger partial charge on any atom is -0.497 e. The van der Waals surface area contributed by atoms with Gasteiger partial charge in [-0.25, -0.2) is 15.0 Å². The topological polar surface area (TPSA) is 342 Å². The Bertz CT molecular complexity index is 6620. The van der Waals surface area contributed by atoms with E-state index in [4.69, 9.17) is 16.2 Å². The highest BCUT2D eigenvalue weighted by Crippen LogP contribution is 2.34. The van der Waals surface area contributed by atoms with Crippen LogP contribution < -0.4 is 26.4 Å². The maximum absolute atomic E-state index is 13.3. The molecule has 0 saturated carbocycles. The zero-order valence-electron chi connectivity index (χ0n) is 80.6. The number of anilines is 4. The minimum absolute atomic E-state index is 0. The largest absolute Gasteiger partial charge is 0.497 e. The van der Waals surface area contributed by atoms with Gasteiger partial charge in [0.2, 0.25) is 17.7 Å². The molecule has 9 amide bonds. The van der Waals surface area contributed by atoms with Crippen molar-refractivity contribution in [1.29, 1.82) is 0 Å². The number of piperidine rings is 2. The van der Waals surface area contributed by atoms with Crippen molar-refractivity contribution < 1.29 is 47.9 Å². The van der Waals surface area contributed by atoms with Crippen LogP contribution in [0, 0.1) is 11.8 Å². The number of ether oxygens (including phenoxy) is 1. The van der Waals surface area contributed by atoms with Crippen molar-refractivity contribution in [3.8, 4) is 5.75 Å². The lowest BCUT2D eigenvalue weighted by Crippen LogP contribution is -2.51. The summed E-state index contributed by atoms with van der Waals surface area (Å²) in [6.45, 7) is 16.7. The van der Waals surface area contributed by atoms with E-state index in [0.29, 0.717) is 161 Å². The molecular weight excluding hydrogens is 1780 g/mol. The predicted octanol–water partition coefficient (Wildman–Crippen LogP) is 16.6. The normalized spacial score (nSPS) is 15.1. The molecule has 11 aromatic carbocycles. The number of carbonyl (C=O) groups is 9. The van der Waals surface area contributed by atoms with Crippen molar-refractivity contribution in [3.05, 3.63) is 347 Å². The summed E-state index contributed by atoms with van der Waals surface area (Å²) in [6.07, 6.45) is 13.5. The number of aromatic amines is 3. The summed E-state index contributed by atoms with van der Waals surface area (Å²) in [5, 5.41) is 3.30. The molecule has 5 fully saturated rings. The highest BCUT2D eigenvalue weighted by atomic mass is 16.5. The predicted molar refractivity (Wildman–Crippen MR) is 559 cm³/mol. The lowest BCUT2D eigenvalue weighted by molar-refractivity contribution is -0.134. The van der Waals surface area contributed by atoms with Gasteiger partial charge in [-0.1, -0.05) is 154 Å². The number of likely N-dealkylation sites (tertiary alicyclic amines) is 2. The third-order valence-electron chi connectivity index (χ3n) is 27.3. The van der Waals surface area contributed by atoms with Crippen molar-refractivity contribution in [3.63, 3.8) is 0 Å². The van der Waals surface area contributed by atoms with Gasteiger partial charge >= 0.3 is 0 Å². The number of nitrogens with one attached hydrogen (secondary N) is 4. The van der Waals surface area contributed by atoms with Crippen molar-refractivity contribution >= 4 is 109 Å². The van der Waals surface area contributed by atoms with E-state index >= 15 is 0 Å². The van der Waals surface area contributed by atoms with Crippen LogP contribution in [-0.2, 0) is 46.5 Å². The first kappa shape index (κ1) is 101. The van der Waals surface area contributed by atoms with E-state index in [9.17, 15) is 43.2 Å². The van der Waals surface area contributed by atoms with Crippen LogP contribution in [0.5, 0.6) is 5.75 Å². The number of piperazine rings is 3. The van der Waals surface area contributed by atoms with E-state index < -0.39 is 0 Å². The van der Waals surface area contributed by atoms with Gasteiger partial charge < -0.3 is 80.6 Å². The summed E-state index contributed by atoms with van der Waals surface area (Å²) in [5.41, 5.74) is 30.7. The first-order valence-electron chi connectivity index (χ1n) is 49.0. The highest BCUT2D eigenvalue weighted by molar-refractivity contribution is 6.09. The molecule has 20 rings (SSSR count). The number of hydrogen-bond acceptors (Lipinski definition) is 16. The Balaban J connectivity index is 0.000000134. The summed E-state index contributed by atoms with van der Waals surface area (Å²) in [4.78, 5) is 154. The fourth-order valence-corrected chi connectivity index (χ4v) is 19.2. The van der Waals surface area contributed by atoms with Crippen LogP contribution in [0.4, 0.5) is 22.7 Å². The molecule has 6 aliphatic heterocycles. The van der Waals surface area contributed by atoms with Crippen LogP contribution in [0.15, 0.2) is 280 Å². The lowest BCUT2D eigenvalue weighted by Gasteiger charge is -2.36. The number of hydrogen-bond donors (Lipinski definition) is 6. The number of fused-ring (bicyclic) bond motifs is 4. The summed E-state index contributed by atoms with van der Waals surface area (Å²) >= 11 is 0. The minimum atomic E-state index is -0.119. The highest BCUT2D eigenvalue weighted by Gasteiger charge is 2.34. The molecule has 734 valence electrons. The second-order valence-electron chi connectivity index (χ2n) is 37.0. The molecule has 0 bridgehead atoms. The maximum atomic E-state index is 13.3. The van der Waals surface area contributed by atoms with Crippen LogP contribution in [0.3, 0.4) is 0 Å². The SMILES string of the molecule is C.CC(C)Nc1ccc(C(=O)N2CCC(Cc3ccccc3)CC2)cc1N.CCC(C(=O)N1CCN(C(=O)c2ccc3nc[nH]c3c2)CC1)c1ccccc1.COc1ccc(CC(=O)N2CCN(C(=O)c3ccc4nc[nH]c4c3)CC2)cc1.Nc1ccc(C(=O)N2CCc3ccc(C(=O)N4CCC(Cc5ccccc5)CC4)cc32)cc1.O=C(Cc1ccccc1)N1CCN(C(=O)c2ccc3nc[nH]c3c2)CC1. The van der Waals surface area contributed by atoms with Gasteiger partial charge in [-0.05, 0) is 232 Å². The first-order chi connectivity index (χ1) is 68.6. The number of methoxy groups -OCH3 is 1. The number of nitrogens with two attached hydrogens (primary N) is 2. The van der Waals surface area contributed by atoms with Gasteiger partial charge in [-0.2, -0.15) is 0 Å². The number of nitrogen functional groups attached to an aromatic ring is 2. The standard InChI is InChI=1S/C28H29N3O2.C22H24N4O2.C22H29N3O.C21H22N4O3.C20H20N4O2.CH4/c29-25-10-8-23(9-11-25)28(33)31-17-14-22-6-7-24(19-26(22)31)27(32)30-15-12-21(13-16-30)18-20-4-2-1-3-5-20;1-2-18(16-6-4-3-5-7-16)22(28)26-12-10-25(11-13-26)21(27)17-8-9-19-20(14-17)24-15-23-19;1-16(2)24-21-9-8-19(15-20(21)23)22(26)25-12-10-18(11-13-25)14-17-6-4-3-5-7-17;1-28-17-5-2-15(3-6-17)12-20(26)24-8-10-25(11-9-24)21(27)16-4-7-18-19(13-16)23-14-22-18;25-19(12-15-4-2-1-3-5-15)23-8-10-24(11-9-23)20(26)16-6-7-17-18(13-16)22-14-21-17;/h1-11,19,21H,12-18,29H2;3-9,14-15,18H,2,10-13H2,1H3,(H,23,24);3-9,15-16,18,24H,10-14,23H2,1-2H3;2-7,13-14H,8-12H2,1H3,(H,22,23);1-7,13-14H,8-12H2,(H,21,22);1H4. The molecule has 1 unspecified atom stereocenters. The number of amides is 9. The molecule has 142 heavy (non-hydrogen) atoms. The Hall–Kier alpha value is -15.7. The van der Waals surface area contributed by atoms with Crippen LogP contribution in [0.2, 0.25) is 0 Å². The number of benzene rings is 11. The molecule has 5 saturated heterocycles. The molecule has 28 nitrogen and oxygen atoms in total. The molecule has 3 aromatic heterocycles. The lowest BCUT2D eigenvalue weighted by atomic mass is 9.90. The Morgan fingerprint density at radius 1 is 0.380 bits per heavy atom. The van der Waals surface area contributed by atoms with E-state index in [1.54, 1.807) is 78.4 Å². The molecule has 0 aliphatic carbocycles. The van der Waals surface area contributed by atoms with E-state index in [-0.39, 0.29) is 66.5 Å². The third kappa shape index (κ3) is 25.8.